The first-order valence-corrected chi connectivity index (χ1v) is 9.20. The lowest BCUT2D eigenvalue weighted by molar-refractivity contribution is -0.385. The maximum absolute atomic E-state index is 12.2. The minimum absolute atomic E-state index is 0.0386. The van der Waals surface area contributed by atoms with Gasteiger partial charge in [-0.1, -0.05) is 24.3 Å². The van der Waals surface area contributed by atoms with E-state index in [2.05, 4.69) is 31.0 Å². The van der Waals surface area contributed by atoms with Crippen molar-refractivity contribution in [3.05, 3.63) is 91.7 Å². The van der Waals surface area contributed by atoms with Crippen LogP contribution in [0.5, 0.6) is 0 Å². The fourth-order valence-electron chi connectivity index (χ4n) is 2.97. The Bertz CT molecular complexity index is 1090. The van der Waals surface area contributed by atoms with Crippen LogP contribution in [0.3, 0.4) is 0 Å². The summed E-state index contributed by atoms with van der Waals surface area (Å²) in [4.78, 5) is 22.7. The van der Waals surface area contributed by atoms with Crippen molar-refractivity contribution in [2.45, 2.75) is 13.8 Å². The van der Waals surface area contributed by atoms with Crippen LogP contribution in [0, 0.1) is 24.0 Å². The van der Waals surface area contributed by atoms with Crippen LogP contribution in [0.25, 0.3) is 5.69 Å². The Balaban J connectivity index is 1.83. The van der Waals surface area contributed by atoms with Crippen LogP contribution in [0.15, 0.2) is 64.2 Å². The molecule has 0 aliphatic rings. The molecule has 2 aromatic carbocycles. The number of hydrazone groups is 1. The molecule has 0 aliphatic carbocycles. The second-order valence-electron chi connectivity index (χ2n) is 6.09. The number of hydrogen-bond acceptors (Lipinski definition) is 4. The molecule has 7 nitrogen and oxygen atoms in total. The van der Waals surface area contributed by atoms with Gasteiger partial charge in [0.05, 0.1) is 16.8 Å². The first-order chi connectivity index (χ1) is 13.4. The molecular formula is C20H17BrN4O3. The van der Waals surface area contributed by atoms with Gasteiger partial charge in [-0.25, -0.2) is 5.43 Å². The average Bonchev–Trinajstić information content (AvgIpc) is 2.95. The average molecular weight is 441 g/mol. The number of carbonyl (C=O) groups is 1. The fraction of sp³-hybridized carbons (Fsp3) is 0.100. The Morgan fingerprint density at radius 1 is 1.18 bits per heavy atom. The number of carbonyl (C=O) groups excluding carboxylic acids is 1. The maximum atomic E-state index is 12.2. The molecule has 3 rings (SSSR count). The smallest absolute Gasteiger partial charge is 0.282 e. The normalized spacial score (nSPS) is 11.0. The molecule has 0 saturated carbocycles. The third kappa shape index (κ3) is 3.86. The topological polar surface area (TPSA) is 89.5 Å². The van der Waals surface area contributed by atoms with Gasteiger partial charge in [-0.05, 0) is 54.0 Å². The molecular weight excluding hydrogens is 424 g/mol. The van der Waals surface area contributed by atoms with Crippen molar-refractivity contribution in [1.82, 2.24) is 9.99 Å². The van der Waals surface area contributed by atoms with Crippen molar-refractivity contribution < 1.29 is 9.72 Å². The number of aryl methyl sites for hydroxylation is 1. The summed E-state index contributed by atoms with van der Waals surface area (Å²) in [7, 11) is 0. The number of rotatable bonds is 5. The highest BCUT2D eigenvalue weighted by Gasteiger charge is 2.18. The Morgan fingerprint density at radius 3 is 2.57 bits per heavy atom. The molecule has 0 unspecified atom stereocenters. The van der Waals surface area contributed by atoms with E-state index in [9.17, 15) is 14.9 Å². The zero-order chi connectivity index (χ0) is 20.3. The first kappa shape index (κ1) is 19.5. The zero-order valence-electron chi connectivity index (χ0n) is 15.2. The summed E-state index contributed by atoms with van der Waals surface area (Å²) in [6, 6.07) is 15.6. The van der Waals surface area contributed by atoms with Crippen molar-refractivity contribution in [3.63, 3.8) is 0 Å². The summed E-state index contributed by atoms with van der Waals surface area (Å²) >= 11 is 3.56. The zero-order valence-corrected chi connectivity index (χ0v) is 16.8. The Hall–Kier alpha value is -3.26. The van der Waals surface area contributed by atoms with Gasteiger partial charge < -0.3 is 4.57 Å². The number of benzene rings is 2. The van der Waals surface area contributed by atoms with Gasteiger partial charge in [0.15, 0.2) is 0 Å². The standard InChI is InChI=1S/C20H17BrN4O3/c1-13-11-15(14(2)24(13)19-10-6-4-8-17(19)21)12-22-23-20(26)16-7-3-5-9-18(16)25(27)28/h3-12H,1-2H3,(H,23,26)/b22-12+. The van der Waals surface area contributed by atoms with Crippen LogP contribution in [0.1, 0.15) is 27.3 Å². The number of halogens is 1. The summed E-state index contributed by atoms with van der Waals surface area (Å²) in [6.07, 6.45) is 1.53. The van der Waals surface area contributed by atoms with E-state index in [1.165, 1.54) is 24.4 Å². The van der Waals surface area contributed by atoms with E-state index in [1.807, 2.05) is 44.2 Å². The SMILES string of the molecule is Cc1cc(/C=N/NC(=O)c2ccccc2[N+](=O)[O-])c(C)n1-c1ccccc1Br. The Labute approximate surface area is 170 Å². The quantitative estimate of drug-likeness (QED) is 0.359. The minimum atomic E-state index is -0.636. The molecule has 1 heterocycles. The van der Waals surface area contributed by atoms with Gasteiger partial charge in [-0.2, -0.15) is 5.10 Å². The molecule has 3 aromatic rings. The molecule has 142 valence electrons. The number of nitro benzene ring substituents is 1. The number of amides is 1. The molecule has 0 aliphatic heterocycles. The molecule has 0 bridgehead atoms. The van der Waals surface area contributed by atoms with Gasteiger partial charge in [0.1, 0.15) is 5.56 Å². The Morgan fingerprint density at radius 2 is 1.86 bits per heavy atom. The van der Waals surface area contributed by atoms with E-state index < -0.39 is 10.8 Å². The summed E-state index contributed by atoms with van der Waals surface area (Å²) in [5.74, 6) is -0.636. The lowest BCUT2D eigenvalue weighted by Gasteiger charge is -2.11. The molecule has 1 aromatic heterocycles. The van der Waals surface area contributed by atoms with E-state index in [-0.39, 0.29) is 11.3 Å². The molecule has 0 fully saturated rings. The largest absolute Gasteiger partial charge is 0.317 e. The van der Waals surface area contributed by atoms with E-state index in [0.29, 0.717) is 0 Å². The number of nitro groups is 1. The summed E-state index contributed by atoms with van der Waals surface area (Å²) in [5.41, 5.74) is 5.85. The van der Waals surface area contributed by atoms with E-state index >= 15 is 0 Å². The van der Waals surface area contributed by atoms with E-state index in [4.69, 9.17) is 0 Å². The highest BCUT2D eigenvalue weighted by Crippen LogP contribution is 2.26. The highest BCUT2D eigenvalue weighted by atomic mass is 79.9. The second-order valence-corrected chi connectivity index (χ2v) is 6.94. The van der Waals surface area contributed by atoms with Crippen molar-refractivity contribution in [3.8, 4) is 5.69 Å². The summed E-state index contributed by atoms with van der Waals surface area (Å²) in [6.45, 7) is 3.94. The first-order valence-electron chi connectivity index (χ1n) is 8.41. The van der Waals surface area contributed by atoms with Crippen LogP contribution in [0.2, 0.25) is 0 Å². The van der Waals surface area contributed by atoms with E-state index in [1.54, 1.807) is 6.07 Å². The maximum Gasteiger partial charge on any atom is 0.282 e. The predicted molar refractivity (Wildman–Crippen MR) is 111 cm³/mol. The number of hydrogen-bond donors (Lipinski definition) is 1. The van der Waals surface area contributed by atoms with Crippen LogP contribution < -0.4 is 5.43 Å². The van der Waals surface area contributed by atoms with Gasteiger partial charge >= 0.3 is 0 Å². The summed E-state index contributed by atoms with van der Waals surface area (Å²) in [5, 5.41) is 15.0. The molecule has 0 atom stereocenters. The van der Waals surface area contributed by atoms with Crippen molar-refractivity contribution >= 4 is 33.7 Å². The third-order valence-corrected chi connectivity index (χ3v) is 4.95. The second kappa shape index (κ2) is 8.18. The highest BCUT2D eigenvalue weighted by molar-refractivity contribution is 9.10. The molecule has 0 spiro atoms. The minimum Gasteiger partial charge on any atom is -0.317 e. The molecule has 0 saturated heterocycles. The van der Waals surface area contributed by atoms with Gasteiger partial charge in [0, 0.05) is 27.5 Å². The number of para-hydroxylation sites is 2. The molecule has 1 amide bonds. The monoisotopic (exact) mass is 440 g/mol. The van der Waals surface area contributed by atoms with Crippen LogP contribution in [0.4, 0.5) is 5.69 Å². The van der Waals surface area contributed by atoms with Gasteiger partial charge in [-0.15, -0.1) is 0 Å². The predicted octanol–water partition coefficient (Wildman–Crippen LogP) is 4.53. The lowest BCUT2D eigenvalue weighted by atomic mass is 10.2. The summed E-state index contributed by atoms with van der Waals surface area (Å²) < 4.78 is 3.04. The molecule has 0 radical (unpaired) electrons. The van der Waals surface area contributed by atoms with Crippen molar-refractivity contribution in [2.24, 2.45) is 5.10 Å². The number of aromatic nitrogens is 1. The molecule has 1 N–H and O–H groups in total. The van der Waals surface area contributed by atoms with Crippen molar-refractivity contribution in [1.29, 1.82) is 0 Å². The van der Waals surface area contributed by atoms with Crippen LogP contribution >= 0.6 is 15.9 Å². The third-order valence-electron chi connectivity index (χ3n) is 4.28. The van der Waals surface area contributed by atoms with Gasteiger partial charge in [0.25, 0.3) is 11.6 Å². The van der Waals surface area contributed by atoms with Crippen LogP contribution in [-0.2, 0) is 0 Å². The lowest BCUT2D eigenvalue weighted by Crippen LogP contribution is -2.19. The Kier molecular flexibility index (Phi) is 5.70. The number of nitrogens with zero attached hydrogens (tertiary/aromatic N) is 3. The molecule has 28 heavy (non-hydrogen) atoms. The number of nitrogens with one attached hydrogen (secondary N) is 1. The van der Waals surface area contributed by atoms with E-state index in [0.717, 1.165) is 27.1 Å². The van der Waals surface area contributed by atoms with Gasteiger partial charge in [-0.3, -0.25) is 14.9 Å². The van der Waals surface area contributed by atoms with Crippen molar-refractivity contribution in [2.75, 3.05) is 0 Å². The fourth-order valence-corrected chi connectivity index (χ4v) is 3.43. The molecule has 8 heteroatoms. The van der Waals surface area contributed by atoms with Crippen LogP contribution in [-0.4, -0.2) is 21.6 Å². The van der Waals surface area contributed by atoms with Gasteiger partial charge in [0.2, 0.25) is 0 Å².